The molecule has 186 valence electrons. The number of hydrogen-bond acceptors (Lipinski definition) is 10. The molecule has 0 saturated carbocycles. The fourth-order valence-corrected chi connectivity index (χ4v) is 3.20. The van der Waals surface area contributed by atoms with Crippen LogP contribution in [0, 0.1) is 13.0 Å². The smallest absolute Gasteiger partial charge is 0.533 e. The third kappa shape index (κ3) is 8.23. The number of phenolic OH excluding ortho intramolecular Hbond substituents is 1. The molecule has 2 amide bonds. The van der Waals surface area contributed by atoms with Gasteiger partial charge in [-0.2, -0.15) is 18.2 Å². The molecule has 1 aromatic carbocycles. The molecule has 1 atom stereocenters. The number of aromatic nitrogens is 1. The number of aliphatic carboxylic acids is 1. The second kappa shape index (κ2) is 12.7. The standard InChI is InChI=1S/C22H25N6O7.Y/c1-12-3-2-4-15(19(12)32)16(6-18(30)31)28-17(29)9-24-20(33)13-5-14(8-23-7-13)27-21-25-10-22(34,35)11-26-21;/h3-5,7-8,16,32,34-35H,6,9-11H2,1H3,(H,24,33)(H,28,29)(H,30,31)(H2,25,26,27);/q-1;+3. The van der Waals surface area contributed by atoms with Gasteiger partial charge >= 0.3 is 38.7 Å². The van der Waals surface area contributed by atoms with Gasteiger partial charge in [-0.25, -0.2) is 4.99 Å². The first-order valence-corrected chi connectivity index (χ1v) is 10.5. The van der Waals surface area contributed by atoms with Gasteiger partial charge in [0.15, 0.2) is 5.96 Å². The van der Waals surface area contributed by atoms with Crippen LogP contribution in [-0.2, 0) is 42.3 Å². The summed E-state index contributed by atoms with van der Waals surface area (Å²) in [6, 6.07) is 6.14. The number of aromatic hydroxyl groups is 1. The number of pyridine rings is 1. The third-order valence-electron chi connectivity index (χ3n) is 4.98. The molecule has 13 nitrogen and oxygen atoms in total. The number of carbonyl (C=O) groups excluding carboxylic acids is 2. The van der Waals surface area contributed by atoms with Gasteiger partial charge in [-0.05, 0) is 6.07 Å². The van der Waals surface area contributed by atoms with Crippen LogP contribution in [0.15, 0.2) is 35.6 Å². The zero-order valence-electron chi connectivity index (χ0n) is 19.3. The number of aliphatic imine (C=N–C) groups is 1. The van der Waals surface area contributed by atoms with Crippen LogP contribution in [-0.4, -0.2) is 74.6 Å². The number of anilines is 1. The molecule has 1 aliphatic rings. The van der Waals surface area contributed by atoms with Crippen molar-refractivity contribution >= 4 is 29.4 Å². The summed E-state index contributed by atoms with van der Waals surface area (Å²) < 4.78 is 0. The summed E-state index contributed by atoms with van der Waals surface area (Å²) in [6.45, 7) is 0.802. The van der Waals surface area contributed by atoms with E-state index in [1.807, 2.05) is 0 Å². The van der Waals surface area contributed by atoms with Crippen molar-refractivity contribution in [3.8, 4) is 5.75 Å². The summed E-state index contributed by atoms with van der Waals surface area (Å²) in [5.74, 6) is -4.27. The van der Waals surface area contributed by atoms with Gasteiger partial charge in [-0.1, -0.05) is 12.5 Å². The van der Waals surface area contributed by atoms with Crippen LogP contribution in [0.25, 0.3) is 0 Å². The van der Waals surface area contributed by atoms with Gasteiger partial charge in [0.2, 0.25) is 11.7 Å². The fourth-order valence-electron chi connectivity index (χ4n) is 3.20. The quantitative estimate of drug-likeness (QED) is 0.143. The maximum atomic E-state index is 12.5. The van der Waals surface area contributed by atoms with Gasteiger partial charge in [0.25, 0.3) is 5.91 Å². The van der Waals surface area contributed by atoms with Crippen molar-refractivity contribution in [2.45, 2.75) is 25.2 Å². The minimum Gasteiger partial charge on any atom is -0.533 e. The molecular weight excluding hydrogens is 549 g/mol. The molecule has 0 fully saturated rings. The fraction of sp³-hybridized carbons (Fsp3) is 0.318. The SMILES string of the molecule is Cc1c[c-]cc(C(CC(=O)O)NC(=O)CNC(=O)c2cncc(NC3=NCC(O)(O)CN3)c2)c1O.[Y+3]. The Hall–Kier alpha value is -3.13. The number of guanidine groups is 1. The number of benzene rings is 1. The van der Waals surface area contributed by atoms with Crippen molar-refractivity contribution in [3.05, 3.63) is 53.3 Å². The Kier molecular flexibility index (Phi) is 10.3. The van der Waals surface area contributed by atoms with Crippen molar-refractivity contribution in [2.75, 3.05) is 25.0 Å². The summed E-state index contributed by atoms with van der Waals surface area (Å²) in [6.07, 6.45) is 2.23. The molecule has 1 aromatic heterocycles. The van der Waals surface area contributed by atoms with Crippen LogP contribution in [0.4, 0.5) is 5.69 Å². The number of rotatable bonds is 8. The Labute approximate surface area is 231 Å². The van der Waals surface area contributed by atoms with Crippen LogP contribution >= 0.6 is 0 Å². The van der Waals surface area contributed by atoms with E-state index in [1.54, 1.807) is 6.92 Å². The molecule has 36 heavy (non-hydrogen) atoms. The summed E-state index contributed by atoms with van der Waals surface area (Å²) in [4.78, 5) is 44.1. The molecule has 1 unspecified atom stereocenters. The number of aryl methyl sites for hydroxylation is 1. The van der Waals surface area contributed by atoms with E-state index in [1.165, 1.54) is 30.6 Å². The maximum Gasteiger partial charge on any atom is 3.00 e. The second-order valence-electron chi connectivity index (χ2n) is 7.93. The summed E-state index contributed by atoms with van der Waals surface area (Å²) in [5, 5.41) is 48.9. The summed E-state index contributed by atoms with van der Waals surface area (Å²) >= 11 is 0. The van der Waals surface area contributed by atoms with E-state index in [0.717, 1.165) is 0 Å². The van der Waals surface area contributed by atoms with Crippen LogP contribution in [0.1, 0.15) is 33.9 Å². The van der Waals surface area contributed by atoms with Crippen molar-refractivity contribution in [3.63, 3.8) is 0 Å². The van der Waals surface area contributed by atoms with Crippen LogP contribution < -0.4 is 21.3 Å². The van der Waals surface area contributed by atoms with Crippen molar-refractivity contribution in [1.82, 2.24) is 20.9 Å². The average molecular weight is 574 g/mol. The molecule has 1 aliphatic heterocycles. The molecule has 0 spiro atoms. The molecular formula is C22H25N6O7Y+2. The van der Waals surface area contributed by atoms with E-state index >= 15 is 0 Å². The van der Waals surface area contributed by atoms with Crippen molar-refractivity contribution < 1.29 is 67.5 Å². The Morgan fingerprint density at radius 2 is 2.00 bits per heavy atom. The van der Waals surface area contributed by atoms with Crippen molar-refractivity contribution in [1.29, 1.82) is 0 Å². The zero-order chi connectivity index (χ0) is 25.6. The van der Waals surface area contributed by atoms with Crippen LogP contribution in [0.2, 0.25) is 0 Å². The van der Waals surface area contributed by atoms with Gasteiger partial charge in [-0.3, -0.25) is 19.4 Å². The number of phenols is 1. The average Bonchev–Trinajstić information content (AvgIpc) is 2.80. The molecule has 2 aromatic rings. The Bertz CT molecular complexity index is 1160. The van der Waals surface area contributed by atoms with E-state index in [4.69, 9.17) is 0 Å². The molecule has 8 N–H and O–H groups in total. The zero-order valence-corrected chi connectivity index (χ0v) is 22.1. The molecule has 0 aliphatic carbocycles. The summed E-state index contributed by atoms with van der Waals surface area (Å²) in [7, 11) is 0. The Balaban J connectivity index is 0.00000456. The number of nitrogens with zero attached hydrogens (tertiary/aromatic N) is 2. The van der Waals surface area contributed by atoms with Gasteiger partial charge in [0, 0.05) is 18.0 Å². The molecule has 0 saturated heterocycles. The van der Waals surface area contributed by atoms with Crippen molar-refractivity contribution in [2.24, 2.45) is 4.99 Å². The third-order valence-corrected chi connectivity index (χ3v) is 4.98. The molecule has 0 radical (unpaired) electrons. The largest absolute Gasteiger partial charge is 3.00 e. The predicted octanol–water partition coefficient (Wildman–Crippen LogP) is -0.993. The van der Waals surface area contributed by atoms with Gasteiger partial charge in [0.1, 0.15) is 0 Å². The number of aliphatic hydroxyl groups is 2. The second-order valence-corrected chi connectivity index (χ2v) is 7.93. The first kappa shape index (κ1) is 29.1. The van der Waals surface area contributed by atoms with E-state index in [0.29, 0.717) is 11.3 Å². The molecule has 14 heteroatoms. The predicted molar refractivity (Wildman–Crippen MR) is 122 cm³/mol. The number of hydrogen-bond donors (Lipinski definition) is 8. The van der Waals surface area contributed by atoms with E-state index in [2.05, 4.69) is 37.3 Å². The van der Waals surface area contributed by atoms with E-state index in [9.17, 15) is 34.8 Å². The van der Waals surface area contributed by atoms with Gasteiger partial charge in [-0.15, -0.1) is 5.56 Å². The Morgan fingerprint density at radius 1 is 1.25 bits per heavy atom. The monoisotopic (exact) mass is 574 g/mol. The topological polar surface area (TPSA) is 205 Å². The van der Waals surface area contributed by atoms with Gasteiger partial charge < -0.3 is 41.7 Å². The number of amides is 2. The molecule has 0 bridgehead atoms. The maximum absolute atomic E-state index is 12.5. The first-order valence-electron chi connectivity index (χ1n) is 10.5. The molecule has 2 heterocycles. The number of β-amino-alcohol motifs (C(OH)–C–C–N with tert-alkyl or cyclic N) is 2. The molecule has 3 rings (SSSR count). The number of carboxylic acid groups (broad SMARTS) is 1. The number of carbonyl (C=O) groups is 3. The van der Waals surface area contributed by atoms with Gasteiger partial charge in [0.05, 0.1) is 43.5 Å². The van der Waals surface area contributed by atoms with Crippen LogP contribution in [0.5, 0.6) is 5.75 Å². The Morgan fingerprint density at radius 3 is 2.67 bits per heavy atom. The minimum absolute atomic E-state index is 0. The minimum atomic E-state index is -1.94. The van der Waals surface area contributed by atoms with E-state index < -0.39 is 42.6 Å². The number of nitrogens with one attached hydrogen (secondary N) is 4. The number of carboxylic acids is 1. The van der Waals surface area contributed by atoms with E-state index in [-0.39, 0.29) is 68.6 Å². The van der Waals surface area contributed by atoms with Crippen LogP contribution in [0.3, 0.4) is 0 Å². The normalized spacial score (nSPS) is 14.8. The first-order chi connectivity index (χ1) is 16.5. The summed E-state index contributed by atoms with van der Waals surface area (Å²) in [5.41, 5.74) is 1.20.